The summed E-state index contributed by atoms with van der Waals surface area (Å²) in [6.45, 7) is 3.19. The lowest BCUT2D eigenvalue weighted by Crippen LogP contribution is -2.53. The van der Waals surface area contributed by atoms with E-state index in [0.29, 0.717) is 25.9 Å². The molecule has 1 saturated heterocycles. The van der Waals surface area contributed by atoms with Gasteiger partial charge in [-0.2, -0.15) is 0 Å². The first-order valence-electron chi connectivity index (χ1n) is 8.63. The average Bonchev–Trinajstić information content (AvgIpc) is 2.62. The Kier molecular flexibility index (Phi) is 5.34. The van der Waals surface area contributed by atoms with Crippen LogP contribution in [0.2, 0.25) is 0 Å². The molecule has 5 nitrogen and oxygen atoms in total. The van der Waals surface area contributed by atoms with Gasteiger partial charge in [-0.25, -0.2) is 0 Å². The van der Waals surface area contributed by atoms with Crippen LogP contribution < -0.4 is 4.74 Å². The van der Waals surface area contributed by atoms with E-state index in [1.807, 2.05) is 43.3 Å². The lowest BCUT2D eigenvalue weighted by molar-refractivity contribution is -0.139. The van der Waals surface area contributed by atoms with Crippen molar-refractivity contribution in [2.24, 2.45) is 0 Å². The van der Waals surface area contributed by atoms with E-state index in [9.17, 15) is 9.90 Å². The lowest BCUT2D eigenvalue weighted by Gasteiger charge is -2.39. The van der Waals surface area contributed by atoms with Crippen LogP contribution in [0.15, 0.2) is 48.8 Å². The number of hydrogen-bond acceptors (Lipinski definition) is 4. The van der Waals surface area contributed by atoms with E-state index in [2.05, 4.69) is 4.98 Å². The number of β-amino-alcohol motifs (C(OH)–C–C–N with tert-alkyl or cyclic N) is 1. The second-order valence-corrected chi connectivity index (χ2v) is 6.78. The van der Waals surface area contributed by atoms with Crippen LogP contribution in [0.25, 0.3) is 0 Å². The molecule has 0 saturated carbocycles. The standard InChI is InChI=1S/C20H24N2O3/c1-16-3-5-18(6-4-16)25-15-20(24)9-2-12-22(14-20)19(23)13-17-7-10-21-11-8-17/h3-8,10-11,24H,2,9,12-15H2,1H3/t20-/m1/s1. The quantitative estimate of drug-likeness (QED) is 0.908. The normalized spacial score (nSPS) is 20.3. The molecule has 3 rings (SSSR count). The van der Waals surface area contributed by atoms with E-state index < -0.39 is 5.60 Å². The molecule has 1 aliphatic rings. The first-order valence-corrected chi connectivity index (χ1v) is 8.63. The minimum Gasteiger partial charge on any atom is -0.491 e. The van der Waals surface area contributed by atoms with Gasteiger partial charge in [0.1, 0.15) is 18.0 Å². The number of benzene rings is 1. The summed E-state index contributed by atoms with van der Waals surface area (Å²) in [6, 6.07) is 11.4. The molecule has 0 bridgehead atoms. The molecule has 1 N–H and O–H groups in total. The van der Waals surface area contributed by atoms with Crippen molar-refractivity contribution in [3.63, 3.8) is 0 Å². The van der Waals surface area contributed by atoms with Crippen molar-refractivity contribution in [3.05, 3.63) is 59.9 Å². The van der Waals surface area contributed by atoms with Crippen LogP contribution in [0, 0.1) is 6.92 Å². The second-order valence-electron chi connectivity index (χ2n) is 6.78. The Bertz CT molecular complexity index is 703. The van der Waals surface area contributed by atoms with Crippen LogP contribution in [-0.2, 0) is 11.2 Å². The van der Waals surface area contributed by atoms with Crippen molar-refractivity contribution in [2.45, 2.75) is 31.8 Å². The lowest BCUT2D eigenvalue weighted by atomic mass is 9.93. The molecule has 1 fully saturated rings. The summed E-state index contributed by atoms with van der Waals surface area (Å²) < 4.78 is 5.75. The van der Waals surface area contributed by atoms with E-state index in [-0.39, 0.29) is 12.5 Å². The van der Waals surface area contributed by atoms with Gasteiger partial charge in [0.15, 0.2) is 0 Å². The zero-order valence-electron chi connectivity index (χ0n) is 14.5. The summed E-state index contributed by atoms with van der Waals surface area (Å²) in [5.74, 6) is 0.763. The minimum atomic E-state index is -1.00. The van der Waals surface area contributed by atoms with Gasteiger partial charge < -0.3 is 14.7 Å². The molecule has 2 heterocycles. The summed E-state index contributed by atoms with van der Waals surface area (Å²) in [7, 11) is 0. The number of aliphatic hydroxyl groups is 1. The highest BCUT2D eigenvalue weighted by Gasteiger charge is 2.36. The van der Waals surface area contributed by atoms with Crippen LogP contribution in [0.1, 0.15) is 24.0 Å². The van der Waals surface area contributed by atoms with Gasteiger partial charge in [0.2, 0.25) is 5.91 Å². The Balaban J connectivity index is 1.57. The van der Waals surface area contributed by atoms with Crippen LogP contribution >= 0.6 is 0 Å². The van der Waals surface area contributed by atoms with Crippen molar-refractivity contribution in [1.29, 1.82) is 0 Å². The molecule has 0 spiro atoms. The largest absolute Gasteiger partial charge is 0.491 e. The Hall–Kier alpha value is -2.40. The first-order chi connectivity index (χ1) is 12.0. The van der Waals surface area contributed by atoms with Crippen LogP contribution in [0.5, 0.6) is 5.75 Å². The van der Waals surface area contributed by atoms with Crippen molar-refractivity contribution < 1.29 is 14.6 Å². The molecule has 1 aromatic heterocycles. The molecule has 2 aromatic rings. The third-order valence-corrected chi connectivity index (χ3v) is 4.54. The summed E-state index contributed by atoms with van der Waals surface area (Å²) in [6.07, 6.45) is 5.11. The molecule has 1 aromatic carbocycles. The predicted molar refractivity (Wildman–Crippen MR) is 95.4 cm³/mol. The van der Waals surface area contributed by atoms with E-state index in [1.54, 1.807) is 17.3 Å². The number of carbonyl (C=O) groups is 1. The zero-order chi connectivity index (χ0) is 17.7. The number of aromatic nitrogens is 1. The maximum absolute atomic E-state index is 12.5. The highest BCUT2D eigenvalue weighted by atomic mass is 16.5. The van der Waals surface area contributed by atoms with Crippen molar-refractivity contribution in [3.8, 4) is 5.75 Å². The SMILES string of the molecule is Cc1ccc(OC[C@@]2(O)CCCN(C(=O)Cc3ccncc3)C2)cc1. The number of nitrogens with zero attached hydrogens (tertiary/aromatic N) is 2. The average molecular weight is 340 g/mol. The summed E-state index contributed by atoms with van der Waals surface area (Å²) in [5.41, 5.74) is 1.10. The van der Waals surface area contributed by atoms with E-state index >= 15 is 0 Å². The number of carbonyl (C=O) groups excluding carboxylic acids is 1. The fourth-order valence-electron chi connectivity index (χ4n) is 3.08. The number of likely N-dealkylation sites (tertiary alicyclic amines) is 1. The van der Waals surface area contributed by atoms with E-state index in [0.717, 1.165) is 23.3 Å². The summed E-state index contributed by atoms with van der Waals surface area (Å²) in [5, 5.41) is 10.8. The molecule has 5 heteroatoms. The van der Waals surface area contributed by atoms with Gasteiger partial charge in [-0.15, -0.1) is 0 Å². The molecule has 1 aliphatic heterocycles. The Morgan fingerprint density at radius 2 is 1.96 bits per heavy atom. The van der Waals surface area contributed by atoms with Crippen LogP contribution in [0.3, 0.4) is 0 Å². The third-order valence-electron chi connectivity index (χ3n) is 4.54. The van der Waals surface area contributed by atoms with Gasteiger partial charge in [0.25, 0.3) is 0 Å². The van der Waals surface area contributed by atoms with Gasteiger partial charge >= 0.3 is 0 Å². The number of rotatable bonds is 5. The fourth-order valence-corrected chi connectivity index (χ4v) is 3.08. The number of hydrogen-bond donors (Lipinski definition) is 1. The number of amides is 1. The Labute approximate surface area is 148 Å². The maximum atomic E-state index is 12.5. The first kappa shape index (κ1) is 17.4. The molecule has 0 radical (unpaired) electrons. The number of piperidine rings is 1. The molecule has 1 amide bonds. The smallest absolute Gasteiger partial charge is 0.227 e. The topological polar surface area (TPSA) is 62.7 Å². The molecule has 1 atom stereocenters. The predicted octanol–water partition coefficient (Wildman–Crippen LogP) is 2.37. The Morgan fingerprint density at radius 1 is 1.24 bits per heavy atom. The van der Waals surface area contributed by atoms with Gasteiger partial charge in [0, 0.05) is 18.9 Å². The number of ether oxygens (including phenoxy) is 1. The van der Waals surface area contributed by atoms with Gasteiger partial charge in [-0.3, -0.25) is 9.78 Å². The molecule has 132 valence electrons. The zero-order valence-corrected chi connectivity index (χ0v) is 14.5. The van der Waals surface area contributed by atoms with Gasteiger partial charge in [-0.1, -0.05) is 17.7 Å². The van der Waals surface area contributed by atoms with Crippen molar-refractivity contribution >= 4 is 5.91 Å². The van der Waals surface area contributed by atoms with Crippen LogP contribution in [-0.4, -0.2) is 46.2 Å². The second kappa shape index (κ2) is 7.66. The molecule has 0 unspecified atom stereocenters. The minimum absolute atomic E-state index is 0.0275. The number of aryl methyl sites for hydroxylation is 1. The van der Waals surface area contributed by atoms with E-state index in [1.165, 1.54) is 0 Å². The monoisotopic (exact) mass is 340 g/mol. The van der Waals surface area contributed by atoms with Crippen molar-refractivity contribution in [2.75, 3.05) is 19.7 Å². The molecule has 25 heavy (non-hydrogen) atoms. The number of pyridine rings is 1. The molecule has 0 aliphatic carbocycles. The van der Waals surface area contributed by atoms with Crippen molar-refractivity contribution in [1.82, 2.24) is 9.88 Å². The van der Waals surface area contributed by atoms with Crippen LogP contribution in [0.4, 0.5) is 0 Å². The molecular weight excluding hydrogens is 316 g/mol. The highest BCUT2D eigenvalue weighted by molar-refractivity contribution is 5.78. The van der Waals surface area contributed by atoms with Gasteiger partial charge in [-0.05, 0) is 49.6 Å². The Morgan fingerprint density at radius 3 is 2.68 bits per heavy atom. The molecular formula is C20H24N2O3. The summed E-state index contributed by atoms with van der Waals surface area (Å²) >= 11 is 0. The maximum Gasteiger partial charge on any atom is 0.227 e. The highest BCUT2D eigenvalue weighted by Crippen LogP contribution is 2.23. The fraction of sp³-hybridized carbons (Fsp3) is 0.400. The third kappa shape index (κ3) is 4.79. The van der Waals surface area contributed by atoms with Gasteiger partial charge in [0.05, 0.1) is 13.0 Å². The van der Waals surface area contributed by atoms with E-state index in [4.69, 9.17) is 4.74 Å². The summed E-state index contributed by atoms with van der Waals surface area (Å²) in [4.78, 5) is 18.2.